The summed E-state index contributed by atoms with van der Waals surface area (Å²) in [7, 11) is 1.54. The molecule has 0 aromatic heterocycles. The summed E-state index contributed by atoms with van der Waals surface area (Å²) in [5.74, 6) is 0.642. The van der Waals surface area contributed by atoms with Crippen LogP contribution < -0.4 is 10.1 Å². The Hall–Kier alpha value is -1.68. The van der Waals surface area contributed by atoms with Crippen LogP contribution in [0.3, 0.4) is 0 Å². The van der Waals surface area contributed by atoms with Crippen LogP contribution in [0.1, 0.15) is 5.56 Å². The van der Waals surface area contributed by atoms with Crippen molar-refractivity contribution in [2.24, 2.45) is 0 Å². The molecule has 0 fully saturated rings. The standard InChI is InChI=1S/C14H14BrNO2/c1-18-14-8-10(6-7-13(14)17)9-16-12-5-3-2-4-11(12)15/h2-8,16-17H,9H2,1H3. The minimum Gasteiger partial charge on any atom is -0.504 e. The minimum absolute atomic E-state index is 0.155. The summed E-state index contributed by atoms with van der Waals surface area (Å²) in [6.07, 6.45) is 0. The summed E-state index contributed by atoms with van der Waals surface area (Å²) >= 11 is 3.48. The number of nitrogens with one attached hydrogen (secondary N) is 1. The highest BCUT2D eigenvalue weighted by molar-refractivity contribution is 9.10. The Labute approximate surface area is 115 Å². The summed E-state index contributed by atoms with van der Waals surface area (Å²) in [5.41, 5.74) is 2.07. The van der Waals surface area contributed by atoms with E-state index in [1.807, 2.05) is 36.4 Å². The molecule has 0 bridgehead atoms. The second-order valence-corrected chi connectivity index (χ2v) is 4.69. The molecular formula is C14H14BrNO2. The molecule has 3 nitrogen and oxygen atoms in total. The summed E-state index contributed by atoms with van der Waals surface area (Å²) in [6, 6.07) is 13.3. The smallest absolute Gasteiger partial charge is 0.160 e. The molecule has 4 heteroatoms. The number of phenolic OH excluding ortho intramolecular Hbond substituents is 1. The zero-order valence-electron chi connectivity index (χ0n) is 9.98. The number of benzene rings is 2. The van der Waals surface area contributed by atoms with Crippen LogP contribution in [0.25, 0.3) is 0 Å². The van der Waals surface area contributed by atoms with Gasteiger partial charge in [-0.1, -0.05) is 18.2 Å². The molecule has 0 aliphatic rings. The normalized spacial score (nSPS) is 10.1. The quantitative estimate of drug-likeness (QED) is 0.903. The van der Waals surface area contributed by atoms with E-state index >= 15 is 0 Å². The van der Waals surface area contributed by atoms with Crippen molar-refractivity contribution in [3.63, 3.8) is 0 Å². The molecule has 0 heterocycles. The second kappa shape index (κ2) is 5.78. The molecule has 0 aliphatic heterocycles. The van der Waals surface area contributed by atoms with Crippen LogP contribution in [0, 0.1) is 0 Å². The van der Waals surface area contributed by atoms with Gasteiger partial charge in [-0.15, -0.1) is 0 Å². The lowest BCUT2D eigenvalue weighted by Crippen LogP contribution is -2.00. The number of phenols is 1. The Morgan fingerprint density at radius 3 is 2.72 bits per heavy atom. The first-order valence-corrected chi connectivity index (χ1v) is 6.34. The van der Waals surface area contributed by atoms with Gasteiger partial charge in [0.05, 0.1) is 7.11 Å². The molecule has 0 unspecified atom stereocenters. The monoisotopic (exact) mass is 307 g/mol. The molecule has 2 rings (SSSR count). The number of rotatable bonds is 4. The third-order valence-electron chi connectivity index (χ3n) is 2.60. The van der Waals surface area contributed by atoms with Gasteiger partial charge in [0.15, 0.2) is 11.5 Å². The summed E-state index contributed by atoms with van der Waals surface area (Å²) in [5, 5.41) is 12.8. The largest absolute Gasteiger partial charge is 0.504 e. The number of anilines is 1. The van der Waals surface area contributed by atoms with Crippen LogP contribution in [0.2, 0.25) is 0 Å². The molecule has 2 aromatic rings. The van der Waals surface area contributed by atoms with E-state index in [1.54, 1.807) is 13.2 Å². The SMILES string of the molecule is COc1cc(CNc2ccccc2Br)ccc1O. The Bertz CT molecular complexity index is 543. The average Bonchev–Trinajstić information content (AvgIpc) is 2.39. The van der Waals surface area contributed by atoms with E-state index in [0.29, 0.717) is 12.3 Å². The molecule has 0 saturated carbocycles. The zero-order valence-corrected chi connectivity index (χ0v) is 11.6. The molecule has 94 valence electrons. The van der Waals surface area contributed by atoms with Crippen LogP contribution in [0.4, 0.5) is 5.69 Å². The number of ether oxygens (including phenoxy) is 1. The van der Waals surface area contributed by atoms with Gasteiger partial charge in [-0.3, -0.25) is 0 Å². The lowest BCUT2D eigenvalue weighted by Gasteiger charge is -2.10. The summed E-state index contributed by atoms with van der Waals surface area (Å²) in [6.45, 7) is 0.666. The van der Waals surface area contributed by atoms with Crippen LogP contribution >= 0.6 is 15.9 Å². The molecule has 0 atom stereocenters. The van der Waals surface area contributed by atoms with Crippen molar-refractivity contribution in [3.8, 4) is 11.5 Å². The van der Waals surface area contributed by atoms with Gasteiger partial charge in [-0.2, -0.15) is 0 Å². The highest BCUT2D eigenvalue weighted by Crippen LogP contribution is 2.27. The third-order valence-corrected chi connectivity index (χ3v) is 3.29. The molecule has 0 amide bonds. The molecule has 0 spiro atoms. The van der Waals surface area contributed by atoms with Gasteiger partial charge in [0.1, 0.15) is 0 Å². The number of hydrogen-bond acceptors (Lipinski definition) is 3. The molecule has 2 N–H and O–H groups in total. The van der Waals surface area contributed by atoms with E-state index in [0.717, 1.165) is 15.7 Å². The summed E-state index contributed by atoms with van der Waals surface area (Å²) < 4.78 is 6.10. The first-order chi connectivity index (χ1) is 8.70. The van der Waals surface area contributed by atoms with Crippen LogP contribution in [-0.2, 0) is 6.54 Å². The molecule has 0 saturated heterocycles. The number of methoxy groups -OCH3 is 1. The third kappa shape index (κ3) is 2.96. The van der Waals surface area contributed by atoms with E-state index in [-0.39, 0.29) is 5.75 Å². The van der Waals surface area contributed by atoms with Crippen molar-refractivity contribution in [2.75, 3.05) is 12.4 Å². The molecule has 2 aromatic carbocycles. The first kappa shape index (κ1) is 12.8. The van der Waals surface area contributed by atoms with E-state index in [4.69, 9.17) is 4.74 Å². The number of para-hydroxylation sites is 1. The lowest BCUT2D eigenvalue weighted by molar-refractivity contribution is 0.373. The molecular weight excluding hydrogens is 294 g/mol. The van der Waals surface area contributed by atoms with Crippen molar-refractivity contribution in [3.05, 3.63) is 52.5 Å². The Balaban J connectivity index is 2.09. The number of halogens is 1. The number of hydrogen-bond donors (Lipinski definition) is 2. The minimum atomic E-state index is 0.155. The maximum atomic E-state index is 9.51. The van der Waals surface area contributed by atoms with Gasteiger partial charge in [0.25, 0.3) is 0 Å². The maximum Gasteiger partial charge on any atom is 0.160 e. The Morgan fingerprint density at radius 1 is 1.22 bits per heavy atom. The predicted molar refractivity (Wildman–Crippen MR) is 76.1 cm³/mol. The van der Waals surface area contributed by atoms with Gasteiger partial charge in [0, 0.05) is 16.7 Å². The summed E-state index contributed by atoms with van der Waals surface area (Å²) in [4.78, 5) is 0. The lowest BCUT2D eigenvalue weighted by atomic mass is 10.2. The van der Waals surface area contributed by atoms with Gasteiger partial charge in [-0.25, -0.2) is 0 Å². The van der Waals surface area contributed by atoms with Crippen molar-refractivity contribution in [1.29, 1.82) is 0 Å². The topological polar surface area (TPSA) is 41.5 Å². The van der Waals surface area contributed by atoms with E-state index in [9.17, 15) is 5.11 Å². The van der Waals surface area contributed by atoms with Crippen LogP contribution in [0.5, 0.6) is 11.5 Å². The predicted octanol–water partition coefficient (Wildman–Crippen LogP) is 3.78. The van der Waals surface area contributed by atoms with Gasteiger partial charge < -0.3 is 15.2 Å². The Kier molecular flexibility index (Phi) is 4.10. The molecule has 0 radical (unpaired) electrons. The zero-order chi connectivity index (χ0) is 13.0. The van der Waals surface area contributed by atoms with E-state index < -0.39 is 0 Å². The maximum absolute atomic E-state index is 9.51. The van der Waals surface area contributed by atoms with Gasteiger partial charge in [0.2, 0.25) is 0 Å². The van der Waals surface area contributed by atoms with Crippen LogP contribution in [0.15, 0.2) is 46.9 Å². The van der Waals surface area contributed by atoms with Crippen molar-refractivity contribution >= 4 is 21.6 Å². The first-order valence-electron chi connectivity index (χ1n) is 5.55. The number of aromatic hydroxyl groups is 1. The van der Waals surface area contributed by atoms with Gasteiger partial charge in [-0.05, 0) is 45.8 Å². The second-order valence-electron chi connectivity index (χ2n) is 3.84. The highest BCUT2D eigenvalue weighted by atomic mass is 79.9. The fourth-order valence-corrected chi connectivity index (χ4v) is 2.06. The molecule has 18 heavy (non-hydrogen) atoms. The highest BCUT2D eigenvalue weighted by Gasteiger charge is 2.03. The van der Waals surface area contributed by atoms with Crippen molar-refractivity contribution in [1.82, 2.24) is 0 Å². The van der Waals surface area contributed by atoms with E-state index in [2.05, 4.69) is 21.2 Å². The molecule has 0 aliphatic carbocycles. The fraction of sp³-hybridized carbons (Fsp3) is 0.143. The van der Waals surface area contributed by atoms with Gasteiger partial charge >= 0.3 is 0 Å². The Morgan fingerprint density at radius 2 is 2.00 bits per heavy atom. The van der Waals surface area contributed by atoms with Crippen LogP contribution in [-0.4, -0.2) is 12.2 Å². The fourth-order valence-electron chi connectivity index (χ4n) is 1.63. The average molecular weight is 308 g/mol. The van der Waals surface area contributed by atoms with Crippen molar-refractivity contribution in [2.45, 2.75) is 6.54 Å². The van der Waals surface area contributed by atoms with E-state index in [1.165, 1.54) is 0 Å². The van der Waals surface area contributed by atoms with Crippen molar-refractivity contribution < 1.29 is 9.84 Å².